The van der Waals surface area contributed by atoms with Crippen LogP contribution in [0.5, 0.6) is 0 Å². The molecular formula is C12H12BrN3O2S. The second-order valence-corrected chi connectivity index (χ2v) is 5.88. The summed E-state index contributed by atoms with van der Waals surface area (Å²) >= 11 is 4.63. The monoisotopic (exact) mass is 341 g/mol. The van der Waals surface area contributed by atoms with Gasteiger partial charge < -0.3 is 5.11 Å². The van der Waals surface area contributed by atoms with Crippen molar-refractivity contribution in [2.45, 2.75) is 12.6 Å². The van der Waals surface area contributed by atoms with Gasteiger partial charge in [0.2, 0.25) is 0 Å². The van der Waals surface area contributed by atoms with Crippen LogP contribution in [0.15, 0.2) is 34.9 Å². The lowest BCUT2D eigenvalue weighted by atomic mass is 10.1. The van der Waals surface area contributed by atoms with Crippen LogP contribution < -0.4 is 0 Å². The van der Waals surface area contributed by atoms with Gasteiger partial charge in [0.25, 0.3) is 0 Å². The Balaban J connectivity index is 2.22. The maximum Gasteiger partial charge on any atom is 0.325 e. The van der Waals surface area contributed by atoms with Crippen molar-refractivity contribution in [2.24, 2.45) is 0 Å². The Kier molecular flexibility index (Phi) is 4.62. The average molecular weight is 342 g/mol. The molecule has 0 spiro atoms. The van der Waals surface area contributed by atoms with E-state index in [0.29, 0.717) is 6.54 Å². The number of hydrogen-bond acceptors (Lipinski definition) is 5. The molecular weight excluding hydrogens is 330 g/mol. The molecule has 0 bridgehead atoms. The van der Waals surface area contributed by atoms with Crippen molar-refractivity contribution in [1.82, 2.24) is 14.5 Å². The molecule has 5 nitrogen and oxygen atoms in total. The van der Waals surface area contributed by atoms with Gasteiger partial charge in [0.15, 0.2) is 0 Å². The van der Waals surface area contributed by atoms with Crippen molar-refractivity contribution in [3.05, 3.63) is 45.4 Å². The van der Waals surface area contributed by atoms with Crippen molar-refractivity contribution in [1.29, 1.82) is 0 Å². The minimum Gasteiger partial charge on any atom is -0.480 e. The second kappa shape index (κ2) is 6.23. The molecule has 1 aromatic heterocycles. The van der Waals surface area contributed by atoms with E-state index < -0.39 is 12.0 Å². The molecule has 0 fully saturated rings. The van der Waals surface area contributed by atoms with Gasteiger partial charge in [0, 0.05) is 11.0 Å². The number of carboxylic acid groups (broad SMARTS) is 1. The minimum absolute atomic E-state index is 0.501. The van der Waals surface area contributed by atoms with E-state index >= 15 is 0 Å². The van der Waals surface area contributed by atoms with Gasteiger partial charge in [-0.2, -0.15) is 0 Å². The number of aliphatic carboxylic acids is 1. The van der Waals surface area contributed by atoms with Gasteiger partial charge in [-0.15, -0.1) is 5.10 Å². The molecule has 0 aliphatic rings. The fraction of sp³-hybridized carbons (Fsp3) is 0.250. The first kappa shape index (κ1) is 14.1. The highest BCUT2D eigenvalue weighted by Gasteiger charge is 2.25. The molecule has 1 unspecified atom stereocenters. The Bertz CT molecular complexity index is 562. The van der Waals surface area contributed by atoms with Crippen LogP contribution in [-0.2, 0) is 11.3 Å². The molecule has 1 aromatic carbocycles. The summed E-state index contributed by atoms with van der Waals surface area (Å²) in [6.45, 7) is 0.501. The van der Waals surface area contributed by atoms with Crippen LogP contribution in [0.2, 0.25) is 0 Å². The van der Waals surface area contributed by atoms with Gasteiger partial charge in [-0.3, -0.25) is 9.69 Å². The summed E-state index contributed by atoms with van der Waals surface area (Å²) < 4.78 is 4.64. The lowest BCUT2D eigenvalue weighted by Gasteiger charge is -2.24. The normalized spacial score (nSPS) is 12.6. The van der Waals surface area contributed by atoms with E-state index in [2.05, 4.69) is 25.5 Å². The van der Waals surface area contributed by atoms with E-state index in [1.54, 1.807) is 18.1 Å². The highest BCUT2D eigenvalue weighted by Crippen LogP contribution is 2.24. The number of likely N-dealkylation sites (N-methyl/N-ethyl adjacent to an activating group) is 1. The first-order chi connectivity index (χ1) is 9.08. The number of aromatic nitrogens is 2. The summed E-state index contributed by atoms with van der Waals surface area (Å²) in [7, 11) is 1.78. The Hall–Kier alpha value is -1.31. The van der Waals surface area contributed by atoms with Gasteiger partial charge in [-0.25, -0.2) is 0 Å². The molecule has 19 heavy (non-hydrogen) atoms. The highest BCUT2D eigenvalue weighted by atomic mass is 79.9. The van der Waals surface area contributed by atoms with E-state index in [4.69, 9.17) is 0 Å². The number of carbonyl (C=O) groups is 1. The summed E-state index contributed by atoms with van der Waals surface area (Å²) in [6.07, 6.45) is 1.65. The third kappa shape index (κ3) is 3.59. The van der Waals surface area contributed by atoms with E-state index in [9.17, 15) is 9.90 Å². The molecule has 1 N–H and O–H groups in total. The van der Waals surface area contributed by atoms with Crippen molar-refractivity contribution in [3.8, 4) is 0 Å². The highest BCUT2D eigenvalue weighted by molar-refractivity contribution is 9.10. The quantitative estimate of drug-likeness (QED) is 0.905. The molecule has 0 radical (unpaired) electrons. The molecule has 0 saturated heterocycles. The standard InChI is InChI=1S/C12H12BrN3O2S/c1-16(7-10-6-14-15-19-10)11(12(17)18)8-3-2-4-9(13)5-8/h2-6,11H,7H2,1H3,(H,17,18). The van der Waals surface area contributed by atoms with Crippen LogP contribution >= 0.6 is 27.5 Å². The van der Waals surface area contributed by atoms with Gasteiger partial charge in [-0.05, 0) is 36.3 Å². The van der Waals surface area contributed by atoms with Gasteiger partial charge in [-0.1, -0.05) is 32.6 Å². The van der Waals surface area contributed by atoms with E-state index in [-0.39, 0.29) is 0 Å². The predicted octanol–water partition coefficient (Wildman–Crippen LogP) is 2.56. The summed E-state index contributed by atoms with van der Waals surface area (Å²) in [6, 6.07) is 6.64. The average Bonchev–Trinajstić information content (AvgIpc) is 2.81. The fourth-order valence-corrected chi connectivity index (χ4v) is 2.83. The maximum absolute atomic E-state index is 11.5. The number of halogens is 1. The number of carboxylic acids is 1. The minimum atomic E-state index is -0.877. The lowest BCUT2D eigenvalue weighted by Crippen LogP contribution is -2.30. The third-order valence-electron chi connectivity index (χ3n) is 2.65. The molecule has 0 aliphatic heterocycles. The molecule has 1 heterocycles. The SMILES string of the molecule is CN(Cc1cnns1)C(C(=O)O)c1cccc(Br)c1. The molecule has 2 aromatic rings. The number of nitrogens with zero attached hydrogens (tertiary/aromatic N) is 3. The van der Waals surface area contributed by atoms with Crippen LogP contribution in [0.25, 0.3) is 0 Å². The molecule has 7 heteroatoms. The molecule has 0 saturated carbocycles. The largest absolute Gasteiger partial charge is 0.480 e. The lowest BCUT2D eigenvalue weighted by molar-refractivity contribution is -0.143. The first-order valence-electron chi connectivity index (χ1n) is 5.52. The molecule has 0 amide bonds. The summed E-state index contributed by atoms with van der Waals surface area (Å²) in [4.78, 5) is 14.2. The maximum atomic E-state index is 11.5. The predicted molar refractivity (Wildman–Crippen MR) is 75.9 cm³/mol. The van der Waals surface area contributed by atoms with E-state index in [0.717, 1.165) is 14.9 Å². The van der Waals surface area contributed by atoms with Crippen molar-refractivity contribution in [2.75, 3.05) is 7.05 Å². The Labute approximate surface area is 123 Å². The van der Waals surface area contributed by atoms with Crippen LogP contribution in [0, 0.1) is 0 Å². The van der Waals surface area contributed by atoms with E-state index in [1.165, 1.54) is 11.5 Å². The topological polar surface area (TPSA) is 66.3 Å². The summed E-state index contributed by atoms with van der Waals surface area (Å²) in [5.41, 5.74) is 0.738. The number of hydrogen-bond donors (Lipinski definition) is 1. The van der Waals surface area contributed by atoms with Crippen molar-refractivity contribution >= 4 is 33.4 Å². The molecule has 1 atom stereocenters. The fourth-order valence-electron chi connectivity index (χ4n) is 1.86. The van der Waals surface area contributed by atoms with Crippen LogP contribution in [-0.4, -0.2) is 32.6 Å². The Morgan fingerprint density at radius 2 is 2.37 bits per heavy atom. The Morgan fingerprint density at radius 3 is 2.95 bits per heavy atom. The Morgan fingerprint density at radius 1 is 1.58 bits per heavy atom. The smallest absolute Gasteiger partial charge is 0.325 e. The summed E-state index contributed by atoms with van der Waals surface area (Å²) in [5, 5.41) is 13.2. The van der Waals surface area contributed by atoms with E-state index in [1.807, 2.05) is 24.3 Å². The zero-order chi connectivity index (χ0) is 13.8. The number of benzene rings is 1. The molecule has 0 aliphatic carbocycles. The zero-order valence-corrected chi connectivity index (χ0v) is 12.6. The third-order valence-corrected chi connectivity index (χ3v) is 3.79. The van der Waals surface area contributed by atoms with Crippen LogP contribution in [0.4, 0.5) is 0 Å². The van der Waals surface area contributed by atoms with Gasteiger partial charge >= 0.3 is 5.97 Å². The van der Waals surface area contributed by atoms with Crippen molar-refractivity contribution in [3.63, 3.8) is 0 Å². The van der Waals surface area contributed by atoms with Crippen LogP contribution in [0.3, 0.4) is 0 Å². The summed E-state index contributed by atoms with van der Waals surface area (Å²) in [5.74, 6) is -0.877. The first-order valence-corrected chi connectivity index (χ1v) is 7.09. The van der Waals surface area contributed by atoms with Gasteiger partial charge in [0.05, 0.1) is 11.1 Å². The zero-order valence-electron chi connectivity index (χ0n) is 10.2. The van der Waals surface area contributed by atoms with Crippen LogP contribution in [0.1, 0.15) is 16.5 Å². The molecule has 100 valence electrons. The molecule has 2 rings (SSSR count). The van der Waals surface area contributed by atoms with Crippen molar-refractivity contribution < 1.29 is 9.90 Å². The number of rotatable bonds is 5. The van der Waals surface area contributed by atoms with Gasteiger partial charge in [0.1, 0.15) is 6.04 Å². The second-order valence-electron chi connectivity index (χ2n) is 4.09.